The number of hydrogen-bond acceptors (Lipinski definition) is 8. The average Bonchev–Trinajstić information content (AvgIpc) is 2.83. The predicted octanol–water partition coefficient (Wildman–Crippen LogP) is 4.33. The van der Waals surface area contributed by atoms with E-state index < -0.39 is 17.3 Å². The number of phenols is 2. The highest BCUT2D eigenvalue weighted by Gasteiger charge is 2.33. The van der Waals surface area contributed by atoms with Gasteiger partial charge in [0.15, 0.2) is 11.5 Å². The Morgan fingerprint density at radius 1 is 0.941 bits per heavy atom. The lowest BCUT2D eigenvalue weighted by molar-refractivity contribution is -0.135. The van der Waals surface area contributed by atoms with Crippen LogP contribution in [0.2, 0.25) is 0 Å². The minimum atomic E-state index is -0.491. The van der Waals surface area contributed by atoms with Crippen molar-refractivity contribution in [1.29, 1.82) is 0 Å². The summed E-state index contributed by atoms with van der Waals surface area (Å²) in [7, 11) is 3.01. The molecule has 1 aliphatic heterocycles. The van der Waals surface area contributed by atoms with Gasteiger partial charge in [-0.05, 0) is 35.4 Å². The Bertz CT molecular complexity index is 1480. The Morgan fingerprint density at radius 2 is 1.68 bits per heavy atom. The number of carbonyl (C=O) groups excluding carboxylic acids is 1. The summed E-state index contributed by atoms with van der Waals surface area (Å²) in [6.07, 6.45) is 1.33. The average molecular weight is 460 g/mol. The fourth-order valence-corrected chi connectivity index (χ4v) is 4.33. The molecule has 5 rings (SSSR count). The van der Waals surface area contributed by atoms with Crippen molar-refractivity contribution >= 4 is 16.9 Å². The van der Waals surface area contributed by atoms with Gasteiger partial charge in [-0.3, -0.25) is 9.59 Å². The number of fused-ring (bicyclic) bond motifs is 3. The summed E-state index contributed by atoms with van der Waals surface area (Å²) in [5.41, 5.74) is 1.64. The highest BCUT2D eigenvalue weighted by molar-refractivity contribution is 5.94. The van der Waals surface area contributed by atoms with Crippen molar-refractivity contribution in [3.05, 3.63) is 76.1 Å². The molecule has 2 N–H and O–H groups in total. The van der Waals surface area contributed by atoms with Crippen LogP contribution in [0.15, 0.2) is 64.0 Å². The van der Waals surface area contributed by atoms with E-state index >= 15 is 0 Å². The molecule has 172 valence electrons. The van der Waals surface area contributed by atoms with Gasteiger partial charge in [-0.15, -0.1) is 0 Å². The zero-order chi connectivity index (χ0) is 24.0. The van der Waals surface area contributed by atoms with Crippen LogP contribution in [-0.2, 0) is 4.79 Å². The first-order valence-electron chi connectivity index (χ1n) is 10.4. The second-order valence-corrected chi connectivity index (χ2v) is 7.88. The first-order chi connectivity index (χ1) is 16.4. The van der Waals surface area contributed by atoms with E-state index in [2.05, 4.69) is 0 Å². The van der Waals surface area contributed by atoms with E-state index in [1.165, 1.54) is 38.7 Å². The fourth-order valence-electron chi connectivity index (χ4n) is 4.33. The van der Waals surface area contributed by atoms with E-state index in [-0.39, 0.29) is 40.2 Å². The van der Waals surface area contributed by atoms with Gasteiger partial charge in [0.2, 0.25) is 5.43 Å². The van der Waals surface area contributed by atoms with Gasteiger partial charge in [0.25, 0.3) is 0 Å². The van der Waals surface area contributed by atoms with Crippen molar-refractivity contribution in [3.63, 3.8) is 0 Å². The number of phenolic OH excluding ortho intramolecular Hbond substituents is 2. The van der Waals surface area contributed by atoms with E-state index in [1.54, 1.807) is 30.3 Å². The summed E-state index contributed by atoms with van der Waals surface area (Å²) >= 11 is 0. The topological polar surface area (TPSA) is 115 Å². The van der Waals surface area contributed by atoms with Crippen LogP contribution in [0.5, 0.6) is 28.7 Å². The van der Waals surface area contributed by atoms with Gasteiger partial charge in [-0.25, -0.2) is 0 Å². The maximum absolute atomic E-state index is 13.5. The highest BCUT2D eigenvalue weighted by atomic mass is 16.5. The number of esters is 1. The predicted molar refractivity (Wildman–Crippen MR) is 123 cm³/mol. The molecule has 1 aliphatic rings. The molecule has 3 aromatic carbocycles. The maximum atomic E-state index is 13.5. The first-order valence-corrected chi connectivity index (χ1v) is 10.4. The molecule has 1 atom stereocenters. The number of methoxy groups -OCH3 is 2. The molecule has 0 saturated heterocycles. The van der Waals surface area contributed by atoms with Crippen LogP contribution in [0.3, 0.4) is 0 Å². The highest BCUT2D eigenvalue weighted by Crippen LogP contribution is 2.46. The van der Waals surface area contributed by atoms with Crippen molar-refractivity contribution < 1.29 is 33.6 Å². The number of hydrogen-bond donors (Lipinski definition) is 2. The summed E-state index contributed by atoms with van der Waals surface area (Å²) in [5.74, 6) is -0.168. The molecule has 1 unspecified atom stereocenters. The molecule has 0 radical (unpaired) electrons. The Balaban J connectivity index is 1.74. The van der Waals surface area contributed by atoms with Crippen molar-refractivity contribution in [2.24, 2.45) is 0 Å². The van der Waals surface area contributed by atoms with E-state index in [0.717, 1.165) is 5.56 Å². The SMILES string of the molecule is COc1ccc(-c2coc3c4c(cc(O)c3c2=O)OC(=O)CC4c2ccc(O)cc2)cc1OC. The number of rotatable bonds is 4. The minimum absolute atomic E-state index is 0.0127. The summed E-state index contributed by atoms with van der Waals surface area (Å²) in [5, 5.41) is 20.3. The smallest absolute Gasteiger partial charge is 0.312 e. The summed E-state index contributed by atoms with van der Waals surface area (Å²) in [6.45, 7) is 0. The molecule has 1 aromatic heterocycles. The number of ether oxygens (including phenoxy) is 3. The molecule has 0 amide bonds. The van der Waals surface area contributed by atoms with E-state index in [9.17, 15) is 19.8 Å². The van der Waals surface area contributed by atoms with Crippen LogP contribution in [0, 0.1) is 0 Å². The Kier molecular flexibility index (Phi) is 5.13. The van der Waals surface area contributed by atoms with Crippen LogP contribution in [0.4, 0.5) is 0 Å². The fraction of sp³-hybridized carbons (Fsp3) is 0.154. The molecule has 8 nitrogen and oxygen atoms in total. The van der Waals surface area contributed by atoms with Gasteiger partial charge in [-0.2, -0.15) is 0 Å². The third-order valence-corrected chi connectivity index (χ3v) is 5.96. The molecule has 0 saturated carbocycles. The van der Waals surface area contributed by atoms with Crippen LogP contribution < -0.4 is 19.6 Å². The number of aromatic hydroxyl groups is 2. The van der Waals surface area contributed by atoms with Crippen LogP contribution >= 0.6 is 0 Å². The molecule has 0 fully saturated rings. The molecule has 4 aromatic rings. The summed E-state index contributed by atoms with van der Waals surface area (Å²) in [4.78, 5) is 25.8. The molecular weight excluding hydrogens is 440 g/mol. The zero-order valence-electron chi connectivity index (χ0n) is 18.3. The van der Waals surface area contributed by atoms with Gasteiger partial charge in [0.1, 0.15) is 34.5 Å². The lowest BCUT2D eigenvalue weighted by atomic mass is 9.85. The largest absolute Gasteiger partial charge is 0.508 e. The second-order valence-electron chi connectivity index (χ2n) is 7.88. The van der Waals surface area contributed by atoms with Gasteiger partial charge in [0, 0.05) is 17.5 Å². The van der Waals surface area contributed by atoms with Crippen LogP contribution in [0.1, 0.15) is 23.5 Å². The van der Waals surface area contributed by atoms with Crippen molar-refractivity contribution in [3.8, 4) is 39.9 Å². The third-order valence-electron chi connectivity index (χ3n) is 5.96. The van der Waals surface area contributed by atoms with Crippen molar-refractivity contribution in [2.75, 3.05) is 14.2 Å². The van der Waals surface area contributed by atoms with E-state index in [1.807, 2.05) is 0 Å². The maximum Gasteiger partial charge on any atom is 0.312 e. The molecule has 34 heavy (non-hydrogen) atoms. The molecule has 0 aliphatic carbocycles. The lowest BCUT2D eigenvalue weighted by Gasteiger charge is -2.26. The molecular formula is C26H20O8. The lowest BCUT2D eigenvalue weighted by Crippen LogP contribution is -2.22. The Labute approximate surface area is 193 Å². The second kappa shape index (κ2) is 8.15. The van der Waals surface area contributed by atoms with Crippen molar-refractivity contribution in [2.45, 2.75) is 12.3 Å². The van der Waals surface area contributed by atoms with Gasteiger partial charge < -0.3 is 28.8 Å². The van der Waals surface area contributed by atoms with Crippen molar-refractivity contribution in [1.82, 2.24) is 0 Å². The normalized spacial score (nSPS) is 15.0. The molecule has 0 bridgehead atoms. The molecule has 0 spiro atoms. The van der Waals surface area contributed by atoms with Gasteiger partial charge >= 0.3 is 5.97 Å². The monoisotopic (exact) mass is 460 g/mol. The zero-order valence-corrected chi connectivity index (χ0v) is 18.3. The van der Waals surface area contributed by atoms with E-state index in [0.29, 0.717) is 22.6 Å². The number of benzene rings is 3. The summed E-state index contributed by atoms with van der Waals surface area (Å²) in [6, 6.07) is 12.7. The molecule has 8 heteroatoms. The van der Waals surface area contributed by atoms with Crippen LogP contribution in [0.25, 0.3) is 22.1 Å². The minimum Gasteiger partial charge on any atom is -0.508 e. The Morgan fingerprint density at radius 3 is 2.38 bits per heavy atom. The number of carbonyl (C=O) groups is 1. The third kappa shape index (κ3) is 3.40. The van der Waals surface area contributed by atoms with Gasteiger partial charge in [-0.1, -0.05) is 18.2 Å². The quantitative estimate of drug-likeness (QED) is 0.342. The standard InChI is InChI=1S/C26H20O8/c1-31-19-8-5-14(9-20(19)32-2)17-12-33-26-23-16(13-3-6-15(27)7-4-13)10-22(29)34-21(23)11-18(28)24(26)25(17)30/h3-9,11-12,16,27-28H,10H2,1-2H3. The summed E-state index contributed by atoms with van der Waals surface area (Å²) < 4.78 is 21.9. The molecule has 2 heterocycles. The first kappa shape index (κ1) is 21.4. The van der Waals surface area contributed by atoms with E-state index in [4.69, 9.17) is 18.6 Å². The Hall–Kier alpha value is -4.46. The van der Waals surface area contributed by atoms with Crippen LogP contribution in [-0.4, -0.2) is 30.4 Å². The van der Waals surface area contributed by atoms with Gasteiger partial charge in [0.05, 0.1) is 26.2 Å².